The van der Waals surface area contributed by atoms with Crippen molar-refractivity contribution in [2.45, 2.75) is 36.5 Å². The molecule has 0 aromatic heterocycles. The summed E-state index contributed by atoms with van der Waals surface area (Å²) in [7, 11) is -5.83. The molecule has 1 aliphatic rings. The van der Waals surface area contributed by atoms with Gasteiger partial charge in [0.1, 0.15) is 12.4 Å². The zero-order valence-electron chi connectivity index (χ0n) is 17.5. The number of rotatable bonds is 8. The molecule has 0 aliphatic carbocycles. The first kappa shape index (κ1) is 22.7. The first-order valence-electron chi connectivity index (χ1n) is 9.88. The maximum absolute atomic E-state index is 12.8. The molecule has 7 nitrogen and oxygen atoms in total. The SMILES string of the molecule is Cc1cc(C)cc(OCCN(C)S(=O)(=O)c2ccc(S(=O)(=O)N3CCCC3)cc2)c1. The van der Waals surface area contributed by atoms with Crippen LogP contribution in [0.1, 0.15) is 24.0 Å². The molecule has 2 aromatic carbocycles. The fourth-order valence-electron chi connectivity index (χ4n) is 3.47. The van der Waals surface area contributed by atoms with Gasteiger partial charge in [-0.2, -0.15) is 8.61 Å². The number of hydrogen-bond acceptors (Lipinski definition) is 5. The van der Waals surface area contributed by atoms with E-state index in [4.69, 9.17) is 4.74 Å². The molecule has 30 heavy (non-hydrogen) atoms. The Morgan fingerprint density at radius 1 is 0.900 bits per heavy atom. The lowest BCUT2D eigenvalue weighted by atomic mass is 10.1. The highest BCUT2D eigenvalue weighted by Gasteiger charge is 2.28. The van der Waals surface area contributed by atoms with Gasteiger partial charge < -0.3 is 4.74 Å². The van der Waals surface area contributed by atoms with E-state index >= 15 is 0 Å². The quantitative estimate of drug-likeness (QED) is 0.615. The Bertz CT molecular complexity index is 1070. The molecule has 0 unspecified atom stereocenters. The Balaban J connectivity index is 1.65. The van der Waals surface area contributed by atoms with Crippen LogP contribution in [0.5, 0.6) is 5.75 Å². The smallest absolute Gasteiger partial charge is 0.243 e. The van der Waals surface area contributed by atoms with Crippen LogP contribution < -0.4 is 4.74 Å². The summed E-state index contributed by atoms with van der Waals surface area (Å²) in [5.41, 5.74) is 2.16. The van der Waals surface area contributed by atoms with Crippen LogP contribution in [0.4, 0.5) is 0 Å². The van der Waals surface area contributed by atoms with Gasteiger partial charge in [-0.1, -0.05) is 6.07 Å². The van der Waals surface area contributed by atoms with Gasteiger partial charge in [-0.3, -0.25) is 0 Å². The van der Waals surface area contributed by atoms with Gasteiger partial charge in [-0.05, 0) is 74.2 Å². The second kappa shape index (κ2) is 9.05. The van der Waals surface area contributed by atoms with Crippen molar-refractivity contribution in [1.29, 1.82) is 0 Å². The minimum atomic E-state index is -3.75. The van der Waals surface area contributed by atoms with Gasteiger partial charge in [0.2, 0.25) is 20.0 Å². The van der Waals surface area contributed by atoms with Gasteiger partial charge in [-0.25, -0.2) is 16.8 Å². The number of benzene rings is 2. The summed E-state index contributed by atoms with van der Waals surface area (Å²) in [6, 6.07) is 11.3. The molecule has 3 rings (SSSR count). The summed E-state index contributed by atoms with van der Waals surface area (Å²) in [6.45, 7) is 5.34. The molecule has 9 heteroatoms. The number of hydrogen-bond donors (Lipinski definition) is 0. The number of aryl methyl sites for hydroxylation is 2. The maximum Gasteiger partial charge on any atom is 0.243 e. The Kier molecular flexibility index (Phi) is 6.86. The van der Waals surface area contributed by atoms with E-state index in [9.17, 15) is 16.8 Å². The molecule has 1 saturated heterocycles. The molecule has 0 N–H and O–H groups in total. The van der Waals surface area contributed by atoms with Crippen molar-refractivity contribution in [1.82, 2.24) is 8.61 Å². The summed E-state index contributed by atoms with van der Waals surface area (Å²) >= 11 is 0. The number of sulfonamides is 2. The van der Waals surface area contributed by atoms with Crippen molar-refractivity contribution < 1.29 is 21.6 Å². The molecular formula is C21H28N2O5S2. The average molecular weight is 453 g/mol. The topological polar surface area (TPSA) is 84.0 Å². The summed E-state index contributed by atoms with van der Waals surface area (Å²) < 4.78 is 59.2. The molecule has 1 fully saturated rings. The third-order valence-electron chi connectivity index (χ3n) is 5.10. The zero-order valence-corrected chi connectivity index (χ0v) is 19.2. The van der Waals surface area contributed by atoms with Gasteiger partial charge in [-0.15, -0.1) is 0 Å². The van der Waals surface area contributed by atoms with E-state index < -0.39 is 20.0 Å². The van der Waals surface area contributed by atoms with Crippen LogP contribution in [0.2, 0.25) is 0 Å². The molecule has 0 bridgehead atoms. The molecule has 0 atom stereocenters. The predicted molar refractivity (Wildman–Crippen MR) is 116 cm³/mol. The van der Waals surface area contributed by atoms with E-state index in [1.807, 2.05) is 32.0 Å². The van der Waals surface area contributed by atoms with Crippen LogP contribution in [0.3, 0.4) is 0 Å². The first-order chi connectivity index (χ1) is 14.1. The maximum atomic E-state index is 12.8. The summed E-state index contributed by atoms with van der Waals surface area (Å²) in [6.07, 6.45) is 1.70. The van der Waals surface area contributed by atoms with Gasteiger partial charge >= 0.3 is 0 Å². The standard InChI is InChI=1S/C21H28N2O5S2/c1-17-14-18(2)16-19(15-17)28-13-12-22(3)29(24,25)20-6-8-21(9-7-20)30(26,27)23-10-4-5-11-23/h6-9,14-16H,4-5,10-13H2,1-3H3. The van der Waals surface area contributed by atoms with Crippen LogP contribution in [0, 0.1) is 13.8 Å². The first-order valence-corrected chi connectivity index (χ1v) is 12.8. The van der Waals surface area contributed by atoms with Crippen LogP contribution in [-0.2, 0) is 20.0 Å². The number of ether oxygens (including phenoxy) is 1. The molecule has 0 amide bonds. The normalized spacial score (nSPS) is 15.6. The van der Waals surface area contributed by atoms with Gasteiger partial charge in [0.15, 0.2) is 0 Å². The Morgan fingerprint density at radius 3 is 2.00 bits per heavy atom. The Labute approximate surface area is 179 Å². The molecule has 1 aliphatic heterocycles. The monoisotopic (exact) mass is 452 g/mol. The summed E-state index contributed by atoms with van der Waals surface area (Å²) in [5, 5.41) is 0. The Hall–Kier alpha value is -1.94. The minimum Gasteiger partial charge on any atom is -0.492 e. The van der Waals surface area contributed by atoms with Crippen molar-refractivity contribution in [2.24, 2.45) is 0 Å². The van der Waals surface area contributed by atoms with Crippen molar-refractivity contribution in [3.05, 3.63) is 53.6 Å². The van der Waals surface area contributed by atoms with Crippen molar-refractivity contribution in [2.75, 3.05) is 33.3 Å². The van der Waals surface area contributed by atoms with Gasteiger partial charge in [0.05, 0.1) is 9.79 Å². The highest BCUT2D eigenvalue weighted by atomic mass is 32.2. The fraction of sp³-hybridized carbons (Fsp3) is 0.429. The van der Waals surface area contributed by atoms with Crippen LogP contribution in [0.25, 0.3) is 0 Å². The molecule has 1 heterocycles. The van der Waals surface area contributed by atoms with Crippen LogP contribution in [-0.4, -0.2) is 58.7 Å². The largest absolute Gasteiger partial charge is 0.492 e. The lowest BCUT2D eigenvalue weighted by Crippen LogP contribution is -2.31. The zero-order chi connectivity index (χ0) is 21.9. The van der Waals surface area contributed by atoms with E-state index in [1.165, 1.54) is 39.9 Å². The lowest BCUT2D eigenvalue weighted by Gasteiger charge is -2.19. The minimum absolute atomic E-state index is 0.0526. The highest BCUT2D eigenvalue weighted by Crippen LogP contribution is 2.23. The van der Waals surface area contributed by atoms with Gasteiger partial charge in [0, 0.05) is 26.7 Å². The second-order valence-electron chi connectivity index (χ2n) is 7.58. The van der Waals surface area contributed by atoms with Crippen molar-refractivity contribution in [3.8, 4) is 5.75 Å². The van der Waals surface area contributed by atoms with E-state index in [-0.39, 0.29) is 22.9 Å². The summed E-state index contributed by atoms with van der Waals surface area (Å²) in [4.78, 5) is 0.168. The van der Waals surface area contributed by atoms with E-state index in [0.717, 1.165) is 24.0 Å². The van der Waals surface area contributed by atoms with E-state index in [0.29, 0.717) is 18.8 Å². The van der Waals surface area contributed by atoms with Crippen LogP contribution >= 0.6 is 0 Å². The van der Waals surface area contributed by atoms with E-state index in [2.05, 4.69) is 0 Å². The molecule has 2 aromatic rings. The van der Waals surface area contributed by atoms with Gasteiger partial charge in [0.25, 0.3) is 0 Å². The molecule has 164 valence electrons. The van der Waals surface area contributed by atoms with E-state index in [1.54, 1.807) is 0 Å². The molecule has 0 radical (unpaired) electrons. The van der Waals surface area contributed by atoms with Crippen molar-refractivity contribution >= 4 is 20.0 Å². The lowest BCUT2D eigenvalue weighted by molar-refractivity contribution is 0.286. The number of nitrogens with zero attached hydrogens (tertiary/aromatic N) is 2. The molecular weight excluding hydrogens is 424 g/mol. The third kappa shape index (κ3) is 5.03. The molecule has 0 saturated carbocycles. The Morgan fingerprint density at radius 2 is 1.43 bits per heavy atom. The fourth-order valence-corrected chi connectivity index (χ4v) is 6.14. The predicted octanol–water partition coefficient (Wildman–Crippen LogP) is 2.79. The van der Waals surface area contributed by atoms with Crippen LogP contribution in [0.15, 0.2) is 52.3 Å². The average Bonchev–Trinajstić information content (AvgIpc) is 3.23. The second-order valence-corrected chi connectivity index (χ2v) is 11.6. The number of likely N-dealkylation sites (N-methyl/N-ethyl adjacent to an activating group) is 1. The van der Waals surface area contributed by atoms with Crippen molar-refractivity contribution in [3.63, 3.8) is 0 Å². The third-order valence-corrected chi connectivity index (χ3v) is 8.89. The highest BCUT2D eigenvalue weighted by molar-refractivity contribution is 7.89. The summed E-state index contributed by atoms with van der Waals surface area (Å²) in [5.74, 6) is 0.703. The molecule has 0 spiro atoms.